The van der Waals surface area contributed by atoms with E-state index < -0.39 is 0 Å². The van der Waals surface area contributed by atoms with Crippen molar-refractivity contribution in [2.45, 2.75) is 32.2 Å². The summed E-state index contributed by atoms with van der Waals surface area (Å²) in [6.07, 6.45) is 4.96. The maximum Gasteiger partial charge on any atom is 0.0419 e. The molecular formula is C17H22N2. The Morgan fingerprint density at radius 2 is 1.74 bits per heavy atom. The Hall–Kier alpha value is -1.67. The van der Waals surface area contributed by atoms with E-state index in [2.05, 4.69) is 47.6 Å². The fourth-order valence-electron chi connectivity index (χ4n) is 2.24. The fourth-order valence-corrected chi connectivity index (χ4v) is 2.24. The number of benzene rings is 1. The summed E-state index contributed by atoms with van der Waals surface area (Å²) in [6.45, 7) is 2.19. The first-order valence-electron chi connectivity index (χ1n) is 6.96. The van der Waals surface area contributed by atoms with E-state index in [9.17, 15) is 0 Å². The average Bonchev–Trinajstić information content (AvgIpc) is 2.48. The highest BCUT2D eigenvalue weighted by atomic mass is 14.9. The quantitative estimate of drug-likeness (QED) is 0.857. The summed E-state index contributed by atoms with van der Waals surface area (Å²) in [5, 5.41) is 3.39. The van der Waals surface area contributed by atoms with Crippen molar-refractivity contribution < 1.29 is 0 Å². The lowest BCUT2D eigenvalue weighted by Crippen LogP contribution is -2.30. The van der Waals surface area contributed by atoms with Crippen LogP contribution in [0.3, 0.4) is 0 Å². The number of hydrogen-bond acceptors (Lipinski definition) is 2. The highest BCUT2D eigenvalue weighted by Gasteiger charge is 2.09. The lowest BCUT2D eigenvalue weighted by Gasteiger charge is -2.16. The molecule has 1 heterocycles. The molecule has 2 nitrogen and oxygen atoms in total. The van der Waals surface area contributed by atoms with Crippen molar-refractivity contribution in [2.24, 2.45) is 0 Å². The fraction of sp³-hybridized carbons (Fsp3) is 0.353. The topological polar surface area (TPSA) is 24.9 Å². The SMILES string of the molecule is CCc1ccc(CC(Cc2ccccn2)NC)cc1. The van der Waals surface area contributed by atoms with Crippen LogP contribution < -0.4 is 5.32 Å². The van der Waals surface area contributed by atoms with Crippen LogP contribution in [0.15, 0.2) is 48.7 Å². The molecule has 0 saturated heterocycles. The number of pyridine rings is 1. The van der Waals surface area contributed by atoms with Crippen LogP contribution in [-0.2, 0) is 19.3 Å². The normalized spacial score (nSPS) is 12.3. The average molecular weight is 254 g/mol. The van der Waals surface area contributed by atoms with Crippen LogP contribution >= 0.6 is 0 Å². The van der Waals surface area contributed by atoms with Gasteiger partial charge in [0.2, 0.25) is 0 Å². The Morgan fingerprint density at radius 1 is 1.00 bits per heavy atom. The van der Waals surface area contributed by atoms with Gasteiger partial charge in [-0.05, 0) is 43.1 Å². The molecule has 0 aliphatic rings. The summed E-state index contributed by atoms with van der Waals surface area (Å²) < 4.78 is 0. The molecule has 0 fully saturated rings. The second-order valence-corrected chi connectivity index (χ2v) is 4.88. The van der Waals surface area contributed by atoms with E-state index in [4.69, 9.17) is 0 Å². The zero-order chi connectivity index (χ0) is 13.5. The maximum atomic E-state index is 4.40. The van der Waals surface area contributed by atoms with Gasteiger partial charge in [0.1, 0.15) is 0 Å². The number of hydrogen-bond donors (Lipinski definition) is 1. The van der Waals surface area contributed by atoms with Crippen molar-refractivity contribution in [1.29, 1.82) is 0 Å². The number of likely N-dealkylation sites (N-methyl/N-ethyl adjacent to an activating group) is 1. The molecule has 0 amide bonds. The van der Waals surface area contributed by atoms with Gasteiger partial charge in [-0.1, -0.05) is 37.3 Å². The molecule has 1 N–H and O–H groups in total. The van der Waals surface area contributed by atoms with Crippen molar-refractivity contribution in [1.82, 2.24) is 10.3 Å². The largest absolute Gasteiger partial charge is 0.316 e. The van der Waals surface area contributed by atoms with Crippen molar-refractivity contribution in [3.63, 3.8) is 0 Å². The summed E-state index contributed by atoms with van der Waals surface area (Å²) in [5.41, 5.74) is 3.92. The highest BCUT2D eigenvalue weighted by Crippen LogP contribution is 2.10. The van der Waals surface area contributed by atoms with Gasteiger partial charge in [-0.25, -0.2) is 0 Å². The van der Waals surface area contributed by atoms with Crippen molar-refractivity contribution in [3.05, 3.63) is 65.5 Å². The summed E-state index contributed by atoms with van der Waals surface area (Å²) in [6, 6.07) is 15.5. The molecule has 0 bridgehead atoms. The predicted octanol–water partition coefficient (Wildman–Crippen LogP) is 3.02. The van der Waals surface area contributed by atoms with E-state index in [1.54, 1.807) is 0 Å². The van der Waals surface area contributed by atoms with Crippen molar-refractivity contribution in [3.8, 4) is 0 Å². The molecule has 1 atom stereocenters. The van der Waals surface area contributed by atoms with Gasteiger partial charge in [0.15, 0.2) is 0 Å². The van der Waals surface area contributed by atoms with E-state index in [1.165, 1.54) is 11.1 Å². The van der Waals surface area contributed by atoms with Gasteiger partial charge in [-0.15, -0.1) is 0 Å². The first-order chi connectivity index (χ1) is 9.31. The van der Waals surface area contributed by atoms with Crippen LogP contribution in [0.25, 0.3) is 0 Å². The smallest absolute Gasteiger partial charge is 0.0419 e. The number of nitrogens with zero attached hydrogens (tertiary/aromatic N) is 1. The minimum atomic E-state index is 0.433. The van der Waals surface area contributed by atoms with Crippen LogP contribution in [0.4, 0.5) is 0 Å². The first-order valence-corrected chi connectivity index (χ1v) is 6.96. The molecule has 100 valence electrons. The molecular weight excluding hydrogens is 232 g/mol. The number of aryl methyl sites for hydroxylation is 1. The summed E-state index contributed by atoms with van der Waals surface area (Å²) in [4.78, 5) is 4.40. The molecule has 1 aromatic heterocycles. The van der Waals surface area contributed by atoms with E-state index in [0.29, 0.717) is 6.04 Å². The third-order valence-corrected chi connectivity index (χ3v) is 3.50. The van der Waals surface area contributed by atoms with Gasteiger partial charge in [-0.3, -0.25) is 4.98 Å². The Labute approximate surface area is 115 Å². The number of nitrogens with one attached hydrogen (secondary N) is 1. The second kappa shape index (κ2) is 7.05. The number of rotatable bonds is 6. The van der Waals surface area contributed by atoms with Crippen molar-refractivity contribution in [2.75, 3.05) is 7.05 Å². The van der Waals surface area contributed by atoms with Gasteiger partial charge in [0.25, 0.3) is 0 Å². The van der Waals surface area contributed by atoms with Crippen LogP contribution in [-0.4, -0.2) is 18.1 Å². The molecule has 1 unspecified atom stereocenters. The molecule has 0 aliphatic carbocycles. The minimum Gasteiger partial charge on any atom is -0.316 e. The Balaban J connectivity index is 1.98. The monoisotopic (exact) mass is 254 g/mol. The van der Waals surface area contributed by atoms with Crippen LogP contribution in [0.2, 0.25) is 0 Å². The van der Waals surface area contributed by atoms with Crippen LogP contribution in [0, 0.1) is 0 Å². The summed E-state index contributed by atoms with van der Waals surface area (Å²) in [7, 11) is 2.02. The van der Waals surface area contributed by atoms with Gasteiger partial charge in [0.05, 0.1) is 0 Å². The van der Waals surface area contributed by atoms with Crippen LogP contribution in [0.5, 0.6) is 0 Å². The number of aromatic nitrogens is 1. The standard InChI is InChI=1S/C17H22N2/c1-3-14-7-9-15(10-8-14)12-17(18-2)13-16-6-4-5-11-19-16/h4-11,17-18H,3,12-13H2,1-2H3. The zero-order valence-corrected chi connectivity index (χ0v) is 11.8. The minimum absolute atomic E-state index is 0.433. The molecule has 0 radical (unpaired) electrons. The van der Waals surface area contributed by atoms with E-state index in [0.717, 1.165) is 25.0 Å². The first kappa shape index (κ1) is 13.8. The Morgan fingerprint density at radius 3 is 2.32 bits per heavy atom. The molecule has 1 aromatic carbocycles. The molecule has 2 aromatic rings. The highest BCUT2D eigenvalue weighted by molar-refractivity contribution is 5.23. The van der Waals surface area contributed by atoms with Gasteiger partial charge < -0.3 is 5.32 Å². The van der Waals surface area contributed by atoms with Crippen molar-refractivity contribution >= 4 is 0 Å². The molecule has 0 saturated carbocycles. The van der Waals surface area contributed by atoms with Gasteiger partial charge >= 0.3 is 0 Å². The van der Waals surface area contributed by atoms with Gasteiger partial charge in [0, 0.05) is 24.4 Å². The Bertz CT molecular complexity index is 476. The molecule has 2 rings (SSSR count). The second-order valence-electron chi connectivity index (χ2n) is 4.88. The predicted molar refractivity (Wildman–Crippen MR) is 80.3 cm³/mol. The third kappa shape index (κ3) is 4.18. The lowest BCUT2D eigenvalue weighted by molar-refractivity contribution is 0.550. The third-order valence-electron chi connectivity index (χ3n) is 3.50. The van der Waals surface area contributed by atoms with E-state index >= 15 is 0 Å². The molecule has 0 spiro atoms. The summed E-state index contributed by atoms with van der Waals surface area (Å²) >= 11 is 0. The van der Waals surface area contributed by atoms with Crippen LogP contribution in [0.1, 0.15) is 23.7 Å². The molecule has 2 heteroatoms. The molecule has 19 heavy (non-hydrogen) atoms. The zero-order valence-electron chi connectivity index (χ0n) is 11.8. The molecule has 0 aliphatic heterocycles. The van der Waals surface area contributed by atoms with E-state index in [-0.39, 0.29) is 0 Å². The van der Waals surface area contributed by atoms with Gasteiger partial charge in [-0.2, -0.15) is 0 Å². The van der Waals surface area contributed by atoms with E-state index in [1.807, 2.05) is 25.4 Å². The summed E-state index contributed by atoms with van der Waals surface area (Å²) in [5.74, 6) is 0. The Kier molecular flexibility index (Phi) is 5.10. The maximum absolute atomic E-state index is 4.40. The lowest BCUT2D eigenvalue weighted by atomic mass is 10.00.